The molecule has 0 heterocycles. The zero-order valence-electron chi connectivity index (χ0n) is 12.6. The van der Waals surface area contributed by atoms with E-state index in [-0.39, 0.29) is 0 Å². The van der Waals surface area contributed by atoms with Crippen molar-refractivity contribution in [2.45, 2.75) is 58.3 Å². The molecule has 0 saturated heterocycles. The number of rotatable bonds is 14. The van der Waals surface area contributed by atoms with Gasteiger partial charge in [-0.1, -0.05) is 51.9 Å². The second kappa shape index (κ2) is 14.9. The van der Waals surface area contributed by atoms with Crippen molar-refractivity contribution in [3.05, 3.63) is 0 Å². The van der Waals surface area contributed by atoms with Crippen molar-refractivity contribution in [1.29, 1.82) is 0 Å². The van der Waals surface area contributed by atoms with Gasteiger partial charge in [0.1, 0.15) is 0 Å². The Balaban J connectivity index is 3.08. The van der Waals surface area contributed by atoms with Crippen molar-refractivity contribution in [3.8, 4) is 0 Å². The predicted molar refractivity (Wildman–Crippen MR) is 80.0 cm³/mol. The normalized spacial score (nSPS) is 11.3. The van der Waals surface area contributed by atoms with E-state index in [4.69, 9.17) is 10.5 Å². The molecule has 0 aromatic carbocycles. The van der Waals surface area contributed by atoms with Gasteiger partial charge in [0.25, 0.3) is 0 Å². The summed E-state index contributed by atoms with van der Waals surface area (Å²) in [6.07, 6.45) is 11.1. The second-order valence-electron chi connectivity index (χ2n) is 5.18. The highest BCUT2D eigenvalue weighted by atomic mass is 16.5. The molecular formula is C15H34N2O. The molecule has 0 saturated carbocycles. The van der Waals surface area contributed by atoms with Crippen LogP contribution in [0.3, 0.4) is 0 Å². The maximum atomic E-state index is 5.37. The van der Waals surface area contributed by atoms with E-state index in [2.05, 4.69) is 18.9 Å². The molecule has 3 heteroatoms. The fraction of sp³-hybridized carbons (Fsp3) is 1.00. The Labute approximate surface area is 114 Å². The maximum absolute atomic E-state index is 5.37. The third-order valence-corrected chi connectivity index (χ3v) is 3.27. The van der Waals surface area contributed by atoms with Crippen LogP contribution in [0.25, 0.3) is 0 Å². The van der Waals surface area contributed by atoms with Crippen molar-refractivity contribution in [1.82, 2.24) is 4.90 Å². The highest BCUT2D eigenvalue weighted by Crippen LogP contribution is 2.08. The number of nitrogens with two attached hydrogens (primary N) is 1. The fourth-order valence-electron chi connectivity index (χ4n) is 2.03. The monoisotopic (exact) mass is 258 g/mol. The van der Waals surface area contributed by atoms with Gasteiger partial charge in [0, 0.05) is 13.1 Å². The quantitative estimate of drug-likeness (QED) is 0.487. The summed E-state index contributed by atoms with van der Waals surface area (Å²) in [5, 5.41) is 0. The third-order valence-electron chi connectivity index (χ3n) is 3.27. The molecule has 0 bridgehead atoms. The SMILES string of the molecule is CCCCCCCCCCN(C)CCOCCN. The largest absolute Gasteiger partial charge is 0.379 e. The molecule has 18 heavy (non-hydrogen) atoms. The molecule has 3 nitrogen and oxygen atoms in total. The molecule has 2 N–H and O–H groups in total. The van der Waals surface area contributed by atoms with Crippen LogP contribution in [0.5, 0.6) is 0 Å². The van der Waals surface area contributed by atoms with Gasteiger partial charge in [0.05, 0.1) is 13.2 Å². The minimum absolute atomic E-state index is 0.627. The molecule has 0 radical (unpaired) electrons. The molecule has 0 amide bonds. The number of likely N-dealkylation sites (N-methyl/N-ethyl adjacent to an activating group) is 1. The average Bonchev–Trinajstić information content (AvgIpc) is 2.38. The molecule has 0 aromatic heterocycles. The number of hydrogen-bond donors (Lipinski definition) is 1. The van der Waals surface area contributed by atoms with Gasteiger partial charge in [-0.2, -0.15) is 0 Å². The third kappa shape index (κ3) is 13.9. The Morgan fingerprint density at radius 2 is 1.44 bits per heavy atom. The van der Waals surface area contributed by atoms with Gasteiger partial charge in [-0.3, -0.25) is 0 Å². The summed E-state index contributed by atoms with van der Waals surface area (Å²) in [4.78, 5) is 2.35. The van der Waals surface area contributed by atoms with E-state index in [0.29, 0.717) is 13.2 Å². The van der Waals surface area contributed by atoms with E-state index in [1.165, 1.54) is 57.9 Å². The highest BCUT2D eigenvalue weighted by Gasteiger charge is 1.98. The summed E-state index contributed by atoms with van der Waals surface area (Å²) in [5.74, 6) is 0. The van der Waals surface area contributed by atoms with Crippen LogP contribution in [0, 0.1) is 0 Å². The maximum Gasteiger partial charge on any atom is 0.0593 e. The number of hydrogen-bond acceptors (Lipinski definition) is 3. The minimum Gasteiger partial charge on any atom is -0.379 e. The van der Waals surface area contributed by atoms with E-state index < -0.39 is 0 Å². The predicted octanol–water partition coefficient (Wildman–Crippen LogP) is 3.03. The lowest BCUT2D eigenvalue weighted by Gasteiger charge is -2.16. The van der Waals surface area contributed by atoms with Crippen LogP contribution >= 0.6 is 0 Å². The van der Waals surface area contributed by atoms with Gasteiger partial charge >= 0.3 is 0 Å². The standard InChI is InChI=1S/C15H34N2O/c1-3-4-5-6-7-8-9-10-12-17(2)13-15-18-14-11-16/h3-16H2,1-2H3. The first-order valence-corrected chi connectivity index (χ1v) is 7.77. The van der Waals surface area contributed by atoms with Crippen LogP contribution in [-0.2, 0) is 4.74 Å². The van der Waals surface area contributed by atoms with Crippen LogP contribution in [-0.4, -0.2) is 44.8 Å². The van der Waals surface area contributed by atoms with Crippen molar-refractivity contribution in [2.75, 3.05) is 39.9 Å². The zero-order chi connectivity index (χ0) is 13.5. The van der Waals surface area contributed by atoms with E-state index in [0.717, 1.165) is 13.2 Å². The number of ether oxygens (including phenoxy) is 1. The van der Waals surface area contributed by atoms with Crippen molar-refractivity contribution >= 4 is 0 Å². The van der Waals surface area contributed by atoms with E-state index >= 15 is 0 Å². The van der Waals surface area contributed by atoms with Gasteiger partial charge in [-0.15, -0.1) is 0 Å². The lowest BCUT2D eigenvalue weighted by molar-refractivity contribution is 0.117. The van der Waals surface area contributed by atoms with Gasteiger partial charge in [0.2, 0.25) is 0 Å². The first-order valence-electron chi connectivity index (χ1n) is 7.77. The summed E-state index contributed by atoms with van der Waals surface area (Å²) in [5.41, 5.74) is 5.36. The van der Waals surface area contributed by atoms with Crippen molar-refractivity contribution < 1.29 is 4.74 Å². The Bertz CT molecular complexity index is 153. The average molecular weight is 258 g/mol. The van der Waals surface area contributed by atoms with E-state index in [1.54, 1.807) is 0 Å². The molecule has 0 aliphatic rings. The van der Waals surface area contributed by atoms with Gasteiger partial charge in [-0.25, -0.2) is 0 Å². The molecule has 0 aliphatic carbocycles. The minimum atomic E-state index is 0.627. The van der Waals surface area contributed by atoms with Gasteiger partial charge < -0.3 is 15.4 Å². The molecular weight excluding hydrogens is 224 g/mol. The molecule has 0 atom stereocenters. The Hall–Kier alpha value is -0.120. The zero-order valence-corrected chi connectivity index (χ0v) is 12.6. The summed E-state index contributed by atoms with van der Waals surface area (Å²) < 4.78 is 5.37. The van der Waals surface area contributed by atoms with Crippen LogP contribution < -0.4 is 5.73 Å². The number of unbranched alkanes of at least 4 members (excludes halogenated alkanes) is 7. The van der Waals surface area contributed by atoms with Crippen LogP contribution in [0.1, 0.15) is 58.3 Å². The van der Waals surface area contributed by atoms with Crippen LogP contribution in [0.4, 0.5) is 0 Å². The van der Waals surface area contributed by atoms with Gasteiger partial charge in [0.15, 0.2) is 0 Å². The molecule has 0 aromatic rings. The first-order chi connectivity index (χ1) is 8.81. The Morgan fingerprint density at radius 1 is 0.833 bits per heavy atom. The van der Waals surface area contributed by atoms with Crippen LogP contribution in [0.2, 0.25) is 0 Å². The topological polar surface area (TPSA) is 38.5 Å². The van der Waals surface area contributed by atoms with Crippen molar-refractivity contribution in [2.24, 2.45) is 5.73 Å². The Morgan fingerprint density at radius 3 is 2.06 bits per heavy atom. The lowest BCUT2D eigenvalue weighted by atomic mass is 10.1. The smallest absolute Gasteiger partial charge is 0.0593 e. The Kier molecular flexibility index (Phi) is 14.8. The molecule has 0 fully saturated rings. The second-order valence-corrected chi connectivity index (χ2v) is 5.18. The molecule has 0 unspecified atom stereocenters. The molecule has 0 aliphatic heterocycles. The highest BCUT2D eigenvalue weighted by molar-refractivity contribution is 4.52. The number of nitrogens with zero attached hydrogens (tertiary/aromatic N) is 1. The summed E-state index contributed by atoms with van der Waals surface area (Å²) >= 11 is 0. The summed E-state index contributed by atoms with van der Waals surface area (Å²) in [6.45, 7) is 6.61. The summed E-state index contributed by atoms with van der Waals surface area (Å²) in [7, 11) is 2.17. The van der Waals surface area contributed by atoms with E-state index in [1.807, 2.05) is 0 Å². The van der Waals surface area contributed by atoms with E-state index in [9.17, 15) is 0 Å². The lowest BCUT2D eigenvalue weighted by Crippen LogP contribution is -2.25. The van der Waals surface area contributed by atoms with Crippen LogP contribution in [0.15, 0.2) is 0 Å². The van der Waals surface area contributed by atoms with Gasteiger partial charge in [-0.05, 0) is 20.0 Å². The fourth-order valence-corrected chi connectivity index (χ4v) is 2.03. The first kappa shape index (κ1) is 17.9. The molecule has 0 rings (SSSR count). The summed E-state index contributed by atoms with van der Waals surface area (Å²) in [6, 6.07) is 0. The molecule has 110 valence electrons. The molecule has 0 spiro atoms. The van der Waals surface area contributed by atoms with Crippen molar-refractivity contribution in [3.63, 3.8) is 0 Å².